The molecule has 0 atom stereocenters. The van der Waals surface area contributed by atoms with E-state index < -0.39 is 0 Å². The summed E-state index contributed by atoms with van der Waals surface area (Å²) in [5.74, 6) is 1.58. The lowest BCUT2D eigenvalue weighted by molar-refractivity contribution is -0.116. The summed E-state index contributed by atoms with van der Waals surface area (Å²) in [5.41, 5.74) is 2.76. The Morgan fingerprint density at radius 1 is 1.35 bits per heavy atom. The average molecular weight is 270 g/mol. The lowest BCUT2D eigenvalue weighted by atomic mass is 9.96. The normalized spacial score (nSPS) is 16.4. The molecule has 3 heterocycles. The quantitative estimate of drug-likeness (QED) is 0.737. The minimum absolute atomic E-state index is 0.0387. The van der Waals surface area contributed by atoms with Crippen LogP contribution in [0.4, 0.5) is 5.69 Å². The smallest absolute Gasteiger partial charge is 0.231 e. The number of benzene rings is 1. The monoisotopic (exact) mass is 270 g/mol. The lowest BCUT2D eigenvalue weighted by Crippen LogP contribution is -2.34. The van der Waals surface area contributed by atoms with Gasteiger partial charge in [-0.3, -0.25) is 9.78 Å². The summed E-state index contributed by atoms with van der Waals surface area (Å²) in [6.07, 6.45) is 3.57. The number of pyridine rings is 1. The van der Waals surface area contributed by atoms with Gasteiger partial charge in [-0.2, -0.15) is 0 Å². The van der Waals surface area contributed by atoms with Gasteiger partial charge in [0.1, 0.15) is 0 Å². The SMILES string of the molecule is CC(=O)N1CCCc2c3c(c4cccnc4c21)OCO3. The molecule has 1 aromatic heterocycles. The van der Waals surface area contributed by atoms with E-state index in [0.29, 0.717) is 0 Å². The zero-order valence-electron chi connectivity index (χ0n) is 11.2. The maximum absolute atomic E-state index is 11.9. The first-order valence-electron chi connectivity index (χ1n) is 6.74. The molecule has 0 bridgehead atoms. The molecule has 0 radical (unpaired) electrons. The van der Waals surface area contributed by atoms with Crippen molar-refractivity contribution in [3.05, 3.63) is 23.9 Å². The van der Waals surface area contributed by atoms with E-state index >= 15 is 0 Å². The number of hydrogen-bond donors (Lipinski definition) is 0. The average Bonchev–Trinajstić information content (AvgIpc) is 2.96. The van der Waals surface area contributed by atoms with Gasteiger partial charge in [-0.1, -0.05) is 0 Å². The fourth-order valence-electron chi connectivity index (χ4n) is 3.09. The first kappa shape index (κ1) is 11.5. The highest BCUT2D eigenvalue weighted by molar-refractivity contribution is 6.06. The molecule has 4 rings (SSSR count). The highest BCUT2D eigenvalue weighted by Crippen LogP contribution is 2.49. The number of rotatable bonds is 0. The van der Waals surface area contributed by atoms with Gasteiger partial charge in [-0.25, -0.2) is 0 Å². The Labute approximate surface area is 116 Å². The van der Waals surface area contributed by atoms with Crippen molar-refractivity contribution in [3.63, 3.8) is 0 Å². The second-order valence-corrected chi connectivity index (χ2v) is 5.07. The Hall–Kier alpha value is -2.30. The molecular formula is C15H14N2O3. The molecule has 0 spiro atoms. The van der Waals surface area contributed by atoms with Crippen molar-refractivity contribution in [2.75, 3.05) is 18.2 Å². The Morgan fingerprint density at radius 2 is 2.20 bits per heavy atom. The van der Waals surface area contributed by atoms with Crippen LogP contribution in [-0.4, -0.2) is 24.2 Å². The van der Waals surface area contributed by atoms with Crippen LogP contribution in [-0.2, 0) is 11.2 Å². The summed E-state index contributed by atoms with van der Waals surface area (Å²) >= 11 is 0. The van der Waals surface area contributed by atoms with Crippen LogP contribution < -0.4 is 14.4 Å². The molecule has 5 heteroatoms. The van der Waals surface area contributed by atoms with Gasteiger partial charge in [-0.15, -0.1) is 0 Å². The van der Waals surface area contributed by atoms with Gasteiger partial charge in [0.15, 0.2) is 11.5 Å². The van der Waals surface area contributed by atoms with Gasteiger partial charge in [0.05, 0.1) is 11.2 Å². The maximum Gasteiger partial charge on any atom is 0.231 e. The summed E-state index contributed by atoms with van der Waals surface area (Å²) in [4.78, 5) is 18.2. The summed E-state index contributed by atoms with van der Waals surface area (Å²) < 4.78 is 11.3. The number of aromatic nitrogens is 1. The Kier molecular flexibility index (Phi) is 2.36. The number of fused-ring (bicyclic) bond motifs is 6. The largest absolute Gasteiger partial charge is 0.453 e. The summed E-state index contributed by atoms with van der Waals surface area (Å²) in [7, 11) is 0. The molecule has 2 aliphatic heterocycles. The van der Waals surface area contributed by atoms with Crippen LogP contribution in [0.25, 0.3) is 10.9 Å². The van der Waals surface area contributed by atoms with Crippen molar-refractivity contribution in [2.45, 2.75) is 19.8 Å². The van der Waals surface area contributed by atoms with Crippen molar-refractivity contribution in [1.29, 1.82) is 0 Å². The molecule has 1 amide bonds. The number of amides is 1. The molecule has 2 aliphatic rings. The van der Waals surface area contributed by atoms with Crippen LogP contribution in [0, 0.1) is 0 Å². The number of hydrogen-bond acceptors (Lipinski definition) is 4. The molecule has 0 saturated carbocycles. The van der Waals surface area contributed by atoms with Crippen LogP contribution in [0.15, 0.2) is 18.3 Å². The third-order valence-corrected chi connectivity index (χ3v) is 3.91. The number of anilines is 1. The van der Waals surface area contributed by atoms with Crippen molar-refractivity contribution in [2.24, 2.45) is 0 Å². The summed E-state index contributed by atoms with van der Waals surface area (Å²) in [5, 5.41) is 0.909. The lowest BCUT2D eigenvalue weighted by Gasteiger charge is -2.30. The topological polar surface area (TPSA) is 51.7 Å². The van der Waals surface area contributed by atoms with Gasteiger partial charge in [-0.05, 0) is 25.0 Å². The first-order chi connectivity index (χ1) is 9.77. The molecule has 0 fully saturated rings. The fraction of sp³-hybridized carbons (Fsp3) is 0.333. The van der Waals surface area contributed by atoms with Crippen molar-refractivity contribution < 1.29 is 14.3 Å². The zero-order valence-corrected chi connectivity index (χ0v) is 11.2. The van der Waals surface area contributed by atoms with Crippen LogP contribution in [0.1, 0.15) is 18.9 Å². The van der Waals surface area contributed by atoms with Crippen molar-refractivity contribution in [1.82, 2.24) is 4.98 Å². The number of nitrogens with zero attached hydrogens (tertiary/aromatic N) is 2. The molecule has 0 saturated heterocycles. The minimum Gasteiger partial charge on any atom is -0.453 e. The van der Waals surface area contributed by atoms with E-state index in [1.54, 1.807) is 18.0 Å². The summed E-state index contributed by atoms with van der Waals surface area (Å²) in [6.45, 7) is 2.55. The van der Waals surface area contributed by atoms with Crippen LogP contribution in [0.5, 0.6) is 11.5 Å². The van der Waals surface area contributed by atoms with E-state index in [2.05, 4.69) is 4.98 Å². The molecule has 2 aromatic rings. The van der Waals surface area contributed by atoms with Crippen LogP contribution >= 0.6 is 0 Å². The van der Waals surface area contributed by atoms with E-state index in [-0.39, 0.29) is 12.7 Å². The second kappa shape index (κ2) is 4.10. The number of ether oxygens (including phenoxy) is 2. The predicted molar refractivity (Wildman–Crippen MR) is 74.2 cm³/mol. The number of carbonyl (C=O) groups excluding carboxylic acids is 1. The Bertz CT molecular complexity index is 727. The maximum atomic E-state index is 11.9. The van der Waals surface area contributed by atoms with Crippen molar-refractivity contribution in [3.8, 4) is 11.5 Å². The third kappa shape index (κ3) is 1.43. The van der Waals surface area contributed by atoms with Gasteiger partial charge in [0.25, 0.3) is 0 Å². The standard InChI is InChI=1S/C15H14N2O3/c1-9(18)17-7-3-5-11-13(17)12-10(4-2-6-16-12)14-15(11)20-8-19-14/h2,4,6H,3,5,7-8H2,1H3. The molecule has 0 unspecified atom stereocenters. The van der Waals surface area contributed by atoms with Gasteiger partial charge < -0.3 is 14.4 Å². The minimum atomic E-state index is 0.0387. The summed E-state index contributed by atoms with van der Waals surface area (Å²) in [6, 6.07) is 3.83. The first-order valence-corrected chi connectivity index (χ1v) is 6.74. The molecule has 0 N–H and O–H groups in total. The van der Waals surface area contributed by atoms with E-state index in [9.17, 15) is 4.79 Å². The molecule has 0 aliphatic carbocycles. The van der Waals surface area contributed by atoms with Gasteiger partial charge in [0.2, 0.25) is 12.7 Å². The zero-order chi connectivity index (χ0) is 13.7. The van der Waals surface area contributed by atoms with Gasteiger partial charge >= 0.3 is 0 Å². The van der Waals surface area contributed by atoms with Crippen molar-refractivity contribution >= 4 is 22.5 Å². The van der Waals surface area contributed by atoms with E-state index in [1.807, 2.05) is 12.1 Å². The Balaban J connectivity index is 2.12. The van der Waals surface area contributed by atoms with Crippen LogP contribution in [0.2, 0.25) is 0 Å². The van der Waals surface area contributed by atoms with Gasteiger partial charge in [0, 0.05) is 30.6 Å². The molecule has 1 aromatic carbocycles. The molecular weight excluding hydrogens is 256 g/mol. The molecule has 20 heavy (non-hydrogen) atoms. The fourth-order valence-corrected chi connectivity index (χ4v) is 3.09. The third-order valence-electron chi connectivity index (χ3n) is 3.91. The van der Waals surface area contributed by atoms with E-state index in [0.717, 1.165) is 53.0 Å². The van der Waals surface area contributed by atoms with Crippen LogP contribution in [0.3, 0.4) is 0 Å². The number of carbonyl (C=O) groups is 1. The van der Waals surface area contributed by atoms with E-state index in [4.69, 9.17) is 9.47 Å². The molecule has 5 nitrogen and oxygen atoms in total. The highest BCUT2D eigenvalue weighted by Gasteiger charge is 2.32. The molecule has 102 valence electrons. The Morgan fingerprint density at radius 3 is 3.05 bits per heavy atom. The second-order valence-electron chi connectivity index (χ2n) is 5.07. The van der Waals surface area contributed by atoms with E-state index in [1.165, 1.54) is 0 Å². The highest BCUT2D eigenvalue weighted by atomic mass is 16.7. The predicted octanol–water partition coefficient (Wildman–Crippen LogP) is 2.26.